The van der Waals surface area contributed by atoms with Crippen molar-refractivity contribution in [1.82, 2.24) is 0 Å². The normalized spacial score (nSPS) is 2.67. The summed E-state index contributed by atoms with van der Waals surface area (Å²) in [5.41, 5.74) is 0. The predicted molar refractivity (Wildman–Crippen MR) is 35.7 cm³/mol. The van der Waals surface area contributed by atoms with E-state index >= 15 is 0 Å². The minimum Gasteiger partial charge on any atom is -0.791 e. The van der Waals surface area contributed by atoms with Crippen molar-refractivity contribution in [2.45, 2.75) is 0 Å². The second-order valence-corrected chi connectivity index (χ2v) is 0. The van der Waals surface area contributed by atoms with Gasteiger partial charge in [-0.1, -0.05) is 0 Å². The molecule has 4 nitrogen and oxygen atoms in total. The molecule has 0 rings (SSSR count). The van der Waals surface area contributed by atoms with Crippen molar-refractivity contribution in [3.63, 3.8) is 0 Å². The quantitative estimate of drug-likeness (QED) is 0.433. The first-order valence-electron chi connectivity index (χ1n) is 0.617. The van der Waals surface area contributed by atoms with Gasteiger partial charge in [0.15, 0.2) is 0 Å². The van der Waals surface area contributed by atoms with Crippen LogP contribution in [0.5, 0.6) is 0 Å². The van der Waals surface area contributed by atoms with Crippen molar-refractivity contribution in [3.05, 3.63) is 0 Å². The summed E-state index contributed by atoms with van der Waals surface area (Å²) in [7, 11) is 0. The second kappa shape index (κ2) is 142. The second-order valence-electron chi connectivity index (χ2n) is 0. The maximum Gasteiger partial charge on any atom is 4.00 e. The van der Waals surface area contributed by atoms with Crippen LogP contribution in [0.1, 0.15) is 0 Å². The Morgan fingerprint density at radius 1 is 0.444 bits per heavy atom. The number of hydrogen-bond donors (Lipinski definition) is 0. The van der Waals surface area contributed by atoms with E-state index in [0.29, 0.717) is 0 Å². The summed E-state index contributed by atoms with van der Waals surface area (Å²) in [6.45, 7) is 0. The predicted octanol–water partition coefficient (Wildman–Crippen LogP) is -1.38. The number of rotatable bonds is 0. The van der Waals surface area contributed by atoms with E-state index in [4.69, 9.17) is 16.8 Å². The molecule has 0 unspecified atom stereocenters. The topological polar surface area (TPSA) is 92.2 Å². The summed E-state index contributed by atoms with van der Waals surface area (Å²) in [6.07, 6.45) is 0. The first kappa shape index (κ1) is 29.9. The Bertz CT molecular complexity index is 12.5. The fourth-order valence-corrected chi connectivity index (χ4v) is 0. The van der Waals surface area contributed by atoms with Gasteiger partial charge in [-0.25, -0.2) is 65.0 Å². The Labute approximate surface area is 107 Å². The van der Waals surface area contributed by atoms with Crippen molar-refractivity contribution in [2.75, 3.05) is 0 Å². The van der Waals surface area contributed by atoms with Gasteiger partial charge in [0, 0.05) is 0 Å². The monoisotopic (exact) mass is 470 g/mol. The van der Waals surface area contributed by atoms with Crippen LogP contribution in [-0.4, -0.2) is 0 Å². The molecule has 0 saturated carbocycles. The van der Waals surface area contributed by atoms with E-state index < -0.39 is 0 Å². The molecule has 0 fully saturated rings. The first-order chi connectivity index (χ1) is 4.00. The largest absolute Gasteiger partial charge is 4.00 e. The standard InChI is InChI=1S/4BrO.Zr/c4*1-2;/q4*-1;+4. The molecular weight excluding hydrogens is 475 g/mol. The molecule has 0 aliphatic heterocycles. The SMILES string of the molecule is [O-]Br.[O-]Br.[O-]Br.[O-]Br.[Zr+4]. The van der Waals surface area contributed by atoms with Crippen LogP contribution in [0.15, 0.2) is 0 Å². The van der Waals surface area contributed by atoms with Gasteiger partial charge in [0.05, 0.1) is 0 Å². The minimum atomic E-state index is 0. The molecule has 0 atom stereocenters. The Morgan fingerprint density at radius 2 is 0.444 bits per heavy atom. The Hall–Kier alpha value is 2.64. The van der Waals surface area contributed by atoms with E-state index in [1.807, 2.05) is 0 Å². The maximum absolute atomic E-state index is 8.06. The van der Waals surface area contributed by atoms with Gasteiger partial charge in [-0.3, -0.25) is 0 Å². The molecule has 0 aromatic heterocycles. The van der Waals surface area contributed by atoms with E-state index in [1.165, 1.54) is 0 Å². The molecule has 56 valence electrons. The van der Waals surface area contributed by atoms with Crippen LogP contribution in [0, 0.1) is 0 Å². The van der Waals surface area contributed by atoms with E-state index in [2.05, 4.69) is 0 Å². The fourth-order valence-electron chi connectivity index (χ4n) is 0. The molecule has 0 heterocycles. The summed E-state index contributed by atoms with van der Waals surface area (Å²) in [6, 6.07) is 0. The van der Waals surface area contributed by atoms with Gasteiger partial charge in [-0.2, -0.15) is 0 Å². The van der Waals surface area contributed by atoms with Crippen molar-refractivity contribution in [3.8, 4) is 0 Å². The number of hydrogen-bond acceptors (Lipinski definition) is 4. The van der Waals surface area contributed by atoms with E-state index in [0.717, 1.165) is 0 Å². The Balaban J connectivity index is -0.00000000762. The average molecular weight is 475 g/mol. The zero-order chi connectivity index (χ0) is 8.00. The van der Waals surface area contributed by atoms with Gasteiger partial charge in [0.1, 0.15) is 0 Å². The van der Waals surface area contributed by atoms with E-state index in [9.17, 15) is 0 Å². The molecule has 0 spiro atoms. The van der Waals surface area contributed by atoms with Crippen molar-refractivity contribution in [2.24, 2.45) is 0 Å². The maximum atomic E-state index is 8.06. The van der Waals surface area contributed by atoms with Gasteiger partial charge >= 0.3 is 26.2 Å². The van der Waals surface area contributed by atoms with Gasteiger partial charge < -0.3 is 16.8 Å². The van der Waals surface area contributed by atoms with Crippen LogP contribution in [0.3, 0.4) is 0 Å². The van der Waals surface area contributed by atoms with Crippen LogP contribution < -0.4 is 16.8 Å². The average Bonchev–Trinajstić information content (AvgIpc) is 2.03. The van der Waals surface area contributed by atoms with Gasteiger partial charge in [-0.05, 0) is 0 Å². The third-order valence-corrected chi connectivity index (χ3v) is 0. The fraction of sp³-hybridized carbons (Fsp3) is 0. The summed E-state index contributed by atoms with van der Waals surface area (Å²) in [5, 5.41) is 0. The zero-order valence-corrected chi connectivity index (χ0v) is 12.4. The minimum absolute atomic E-state index is 0. The molecule has 0 aliphatic carbocycles. The Morgan fingerprint density at radius 3 is 0.444 bits per heavy atom. The third kappa shape index (κ3) is 114. The van der Waals surface area contributed by atoms with Gasteiger partial charge in [-0.15, -0.1) is 0 Å². The molecule has 0 aromatic carbocycles. The molecule has 9 heteroatoms. The smallest absolute Gasteiger partial charge is 0.791 e. The van der Waals surface area contributed by atoms with Crippen molar-refractivity contribution < 1.29 is 43.0 Å². The molecule has 0 amide bonds. The first-order valence-corrected chi connectivity index (χ1v) is 3.21. The summed E-state index contributed by atoms with van der Waals surface area (Å²) in [4.78, 5) is 0. The molecule has 0 bridgehead atoms. The van der Waals surface area contributed by atoms with Crippen molar-refractivity contribution in [1.29, 1.82) is 0 Å². The summed E-state index contributed by atoms with van der Waals surface area (Å²) >= 11 is 6.75. The van der Waals surface area contributed by atoms with Crippen LogP contribution in [0.4, 0.5) is 0 Å². The molecular formula is Br4O4Zr. The number of halogens is 4. The molecule has 9 heavy (non-hydrogen) atoms. The third-order valence-electron chi connectivity index (χ3n) is 0. The van der Waals surface area contributed by atoms with Crippen LogP contribution in [0.2, 0.25) is 0 Å². The molecule has 0 N–H and O–H groups in total. The molecule has 0 radical (unpaired) electrons. The van der Waals surface area contributed by atoms with Crippen molar-refractivity contribution >= 4 is 65.0 Å². The van der Waals surface area contributed by atoms with Gasteiger partial charge in [0.25, 0.3) is 0 Å². The van der Waals surface area contributed by atoms with Gasteiger partial charge in [0.2, 0.25) is 0 Å². The van der Waals surface area contributed by atoms with Crippen LogP contribution in [-0.2, 0) is 26.2 Å². The Kier molecular flexibility index (Phi) is 470. The molecule has 0 aromatic rings. The zero-order valence-electron chi connectivity index (χ0n) is 3.64. The van der Waals surface area contributed by atoms with Crippen LogP contribution >= 0.6 is 65.0 Å². The molecule has 0 saturated heterocycles. The van der Waals surface area contributed by atoms with E-state index in [-0.39, 0.29) is 26.2 Å². The van der Waals surface area contributed by atoms with E-state index in [1.54, 1.807) is 65.0 Å². The molecule has 0 aliphatic rings. The summed E-state index contributed by atoms with van der Waals surface area (Å²) < 4.78 is 32.2. The summed E-state index contributed by atoms with van der Waals surface area (Å²) in [5.74, 6) is 0. The van der Waals surface area contributed by atoms with Crippen LogP contribution in [0.25, 0.3) is 0 Å².